The zero-order chi connectivity index (χ0) is 26.8. The molecule has 3 aromatic rings. The molecule has 4 rings (SSSR count). The molecule has 0 saturated heterocycles. The van der Waals surface area contributed by atoms with Crippen molar-refractivity contribution in [1.82, 2.24) is 4.90 Å². The van der Waals surface area contributed by atoms with Crippen LogP contribution in [-0.2, 0) is 12.5 Å². The van der Waals surface area contributed by atoms with E-state index in [4.69, 9.17) is 0 Å². The van der Waals surface area contributed by atoms with Crippen LogP contribution in [0.3, 0.4) is 0 Å². The van der Waals surface area contributed by atoms with Gasteiger partial charge in [-0.3, -0.25) is 0 Å². The van der Waals surface area contributed by atoms with Crippen LogP contribution in [0.1, 0.15) is 58.5 Å². The minimum Gasteiger partial charge on any atom is -0.348 e. The molecule has 0 unspecified atom stereocenters. The first-order valence-corrected chi connectivity index (χ1v) is 13.2. The molecule has 0 N–H and O–H groups in total. The Morgan fingerprint density at radius 3 is 1.86 bits per heavy atom. The fourth-order valence-electron chi connectivity index (χ4n) is 4.96. The van der Waals surface area contributed by atoms with E-state index in [-0.39, 0.29) is 10.8 Å². The molecule has 190 valence electrons. The summed E-state index contributed by atoms with van der Waals surface area (Å²) >= 11 is 0. The van der Waals surface area contributed by atoms with Crippen LogP contribution in [0.15, 0.2) is 108 Å². The van der Waals surface area contributed by atoms with Crippen LogP contribution in [0, 0.1) is 5.41 Å². The Balaban J connectivity index is 1.77. The summed E-state index contributed by atoms with van der Waals surface area (Å²) in [6.07, 6.45) is 11.3. The van der Waals surface area contributed by atoms with Gasteiger partial charge in [0.05, 0.1) is 0 Å². The zero-order valence-electron chi connectivity index (χ0n) is 23.7. The van der Waals surface area contributed by atoms with Crippen molar-refractivity contribution < 1.29 is 4.57 Å². The highest BCUT2D eigenvalue weighted by Crippen LogP contribution is 2.37. The van der Waals surface area contributed by atoms with Crippen LogP contribution in [0.4, 0.5) is 0 Å². The van der Waals surface area contributed by atoms with Gasteiger partial charge in [-0.1, -0.05) is 108 Å². The van der Waals surface area contributed by atoms with Crippen LogP contribution in [0.5, 0.6) is 0 Å². The Labute approximate surface area is 224 Å². The maximum Gasteiger partial charge on any atom is 0.205 e. The highest BCUT2D eigenvalue weighted by Gasteiger charge is 2.27. The molecule has 2 aromatic carbocycles. The third-order valence-corrected chi connectivity index (χ3v) is 6.97. The van der Waals surface area contributed by atoms with Gasteiger partial charge in [0.15, 0.2) is 5.69 Å². The molecule has 2 nitrogen and oxygen atoms in total. The van der Waals surface area contributed by atoms with Crippen molar-refractivity contribution in [2.75, 3.05) is 7.05 Å². The Bertz CT molecular complexity index is 1370. The van der Waals surface area contributed by atoms with E-state index in [1.165, 1.54) is 45.0 Å². The van der Waals surface area contributed by atoms with Crippen LogP contribution in [0.2, 0.25) is 0 Å². The summed E-state index contributed by atoms with van der Waals surface area (Å²) < 4.78 is 2.32. The summed E-state index contributed by atoms with van der Waals surface area (Å²) in [6.45, 7) is 13.7. The van der Waals surface area contributed by atoms with E-state index < -0.39 is 0 Å². The first-order chi connectivity index (χ1) is 17.4. The van der Waals surface area contributed by atoms with Crippen molar-refractivity contribution in [3.63, 3.8) is 0 Å². The SMILES string of the molecule is CN1C(C(C)(C)C)=CC(c2ccccc2)=C/C1=C\C=C\c1cc(-c2ccccc2)cc(C(C)(C)C)[n+]1C. The second-order valence-corrected chi connectivity index (χ2v) is 12.0. The molecule has 2 heteroatoms. The normalized spacial score (nSPS) is 15.8. The molecule has 1 aliphatic heterocycles. The summed E-state index contributed by atoms with van der Waals surface area (Å²) in [5.74, 6) is 0. The van der Waals surface area contributed by atoms with Crippen LogP contribution in [0.25, 0.3) is 22.8 Å². The number of aromatic nitrogens is 1. The first kappa shape index (κ1) is 26.4. The van der Waals surface area contributed by atoms with Gasteiger partial charge in [-0.05, 0) is 40.5 Å². The molecule has 37 heavy (non-hydrogen) atoms. The largest absolute Gasteiger partial charge is 0.348 e. The van der Waals surface area contributed by atoms with Crippen molar-refractivity contribution in [2.24, 2.45) is 12.5 Å². The van der Waals surface area contributed by atoms with Crippen LogP contribution >= 0.6 is 0 Å². The molecule has 0 radical (unpaired) electrons. The Hall–Kier alpha value is -3.65. The van der Waals surface area contributed by atoms with E-state index in [9.17, 15) is 0 Å². The van der Waals surface area contributed by atoms with E-state index in [0.717, 1.165) is 0 Å². The minimum atomic E-state index is 0.0317. The van der Waals surface area contributed by atoms with E-state index in [1.54, 1.807) is 0 Å². The van der Waals surface area contributed by atoms with Crippen molar-refractivity contribution in [3.8, 4) is 11.1 Å². The van der Waals surface area contributed by atoms with Gasteiger partial charge in [0.25, 0.3) is 0 Å². The second kappa shape index (κ2) is 10.4. The first-order valence-electron chi connectivity index (χ1n) is 13.2. The lowest BCUT2D eigenvalue weighted by Crippen LogP contribution is -2.42. The average molecular weight is 490 g/mol. The molecule has 1 aromatic heterocycles. The van der Waals surface area contributed by atoms with Crippen molar-refractivity contribution in [2.45, 2.75) is 47.0 Å². The summed E-state index contributed by atoms with van der Waals surface area (Å²) in [5.41, 5.74) is 10.0. The number of hydrogen-bond donors (Lipinski definition) is 0. The molecule has 0 saturated carbocycles. The minimum absolute atomic E-state index is 0.0317. The number of hydrogen-bond acceptors (Lipinski definition) is 1. The van der Waals surface area contributed by atoms with Gasteiger partial charge >= 0.3 is 0 Å². The third-order valence-electron chi connectivity index (χ3n) is 6.97. The number of rotatable bonds is 4. The highest BCUT2D eigenvalue weighted by atomic mass is 15.1. The lowest BCUT2D eigenvalue weighted by Gasteiger charge is -2.36. The average Bonchev–Trinajstić information content (AvgIpc) is 2.85. The molecule has 0 atom stereocenters. The summed E-state index contributed by atoms with van der Waals surface area (Å²) in [5, 5.41) is 0. The quantitative estimate of drug-likeness (QED) is 0.334. The van der Waals surface area contributed by atoms with Crippen LogP contribution in [-0.4, -0.2) is 11.9 Å². The van der Waals surface area contributed by atoms with Gasteiger partial charge in [0.1, 0.15) is 7.05 Å². The lowest BCUT2D eigenvalue weighted by atomic mass is 9.86. The fourth-order valence-corrected chi connectivity index (χ4v) is 4.96. The predicted octanol–water partition coefficient (Wildman–Crippen LogP) is 8.33. The molecule has 1 aliphatic rings. The maximum atomic E-state index is 2.33. The molecule has 2 heterocycles. The molecule has 0 fully saturated rings. The Morgan fingerprint density at radius 2 is 1.30 bits per heavy atom. The maximum absolute atomic E-state index is 2.33. The smallest absolute Gasteiger partial charge is 0.205 e. The van der Waals surface area contributed by atoms with Gasteiger partial charge < -0.3 is 4.90 Å². The Morgan fingerprint density at radius 1 is 0.703 bits per heavy atom. The van der Waals surface area contributed by atoms with Gasteiger partial charge in [-0.15, -0.1) is 0 Å². The molecule has 0 spiro atoms. The van der Waals surface area contributed by atoms with Crippen molar-refractivity contribution in [1.29, 1.82) is 0 Å². The second-order valence-electron chi connectivity index (χ2n) is 12.0. The number of likely N-dealkylation sites (N-methyl/N-ethyl adjacent to an activating group) is 1. The van der Waals surface area contributed by atoms with E-state index >= 15 is 0 Å². The third kappa shape index (κ3) is 6.02. The van der Waals surface area contributed by atoms with Crippen LogP contribution < -0.4 is 4.57 Å². The van der Waals surface area contributed by atoms with Gasteiger partial charge in [0.2, 0.25) is 5.69 Å². The van der Waals surface area contributed by atoms with E-state index in [2.05, 4.69) is 168 Å². The van der Waals surface area contributed by atoms with Gasteiger partial charge in [0, 0.05) is 47.5 Å². The monoisotopic (exact) mass is 489 g/mol. The standard InChI is InChI=1S/C35H41N2/c1-34(2,3)32-24-28(26-16-11-9-12-17-26)22-30(36(32)7)20-15-21-31-23-29(27-18-13-10-14-19-27)25-33(37(31)8)35(4,5)6/h9-25H,1-8H3/q+1. The fraction of sp³-hybridized carbons (Fsp3) is 0.286. The zero-order valence-corrected chi connectivity index (χ0v) is 23.7. The molecule has 0 amide bonds. The molecular formula is C35H41N2+. The number of pyridine rings is 1. The van der Waals surface area contributed by atoms with E-state index in [0.29, 0.717) is 0 Å². The highest BCUT2D eigenvalue weighted by molar-refractivity contribution is 5.78. The molecule has 0 aliphatic carbocycles. The summed E-state index contributed by atoms with van der Waals surface area (Å²) in [7, 11) is 4.34. The van der Waals surface area contributed by atoms with E-state index in [1.807, 2.05) is 0 Å². The number of benzene rings is 2. The summed E-state index contributed by atoms with van der Waals surface area (Å²) in [4.78, 5) is 2.32. The predicted molar refractivity (Wildman–Crippen MR) is 159 cm³/mol. The lowest BCUT2D eigenvalue weighted by molar-refractivity contribution is -0.684. The Kier molecular flexibility index (Phi) is 7.41. The topological polar surface area (TPSA) is 7.12 Å². The molecule has 0 bridgehead atoms. The van der Waals surface area contributed by atoms with Crippen molar-refractivity contribution >= 4 is 11.6 Å². The van der Waals surface area contributed by atoms with Crippen molar-refractivity contribution in [3.05, 3.63) is 125 Å². The molecular weight excluding hydrogens is 448 g/mol. The summed E-state index contributed by atoms with van der Waals surface area (Å²) in [6, 6.07) is 25.9. The van der Waals surface area contributed by atoms with Gasteiger partial charge in [-0.25, -0.2) is 0 Å². The number of nitrogens with zero attached hydrogens (tertiary/aromatic N) is 2. The number of allylic oxidation sites excluding steroid dienone is 6. The van der Waals surface area contributed by atoms with Gasteiger partial charge in [-0.2, -0.15) is 4.57 Å².